The number of hydrogen-bond acceptors (Lipinski definition) is 6. The maximum Gasteiger partial charge on any atom is 0.306 e. The smallest absolute Gasteiger partial charge is 0.306 e. The van der Waals surface area contributed by atoms with Crippen molar-refractivity contribution in [2.75, 3.05) is 13.2 Å². The Bertz CT molecular complexity index is 1310. The molecule has 0 aliphatic rings. The summed E-state index contributed by atoms with van der Waals surface area (Å²) in [4.78, 5) is 38.0. The zero-order chi connectivity index (χ0) is 47.2. The Hall–Kier alpha value is -3.67. The fourth-order valence-electron chi connectivity index (χ4n) is 7.11. The third kappa shape index (κ3) is 51.2. The van der Waals surface area contributed by atoms with Gasteiger partial charge in [-0.15, -0.1) is 0 Å². The molecule has 0 amide bonds. The van der Waals surface area contributed by atoms with E-state index in [0.29, 0.717) is 19.3 Å². The van der Waals surface area contributed by atoms with Crippen LogP contribution in [0.1, 0.15) is 239 Å². The molecule has 0 aromatic rings. The van der Waals surface area contributed by atoms with Gasteiger partial charge in [0.15, 0.2) is 6.10 Å². The second-order valence-electron chi connectivity index (χ2n) is 17.4. The van der Waals surface area contributed by atoms with Gasteiger partial charge in [0.05, 0.1) is 0 Å². The van der Waals surface area contributed by atoms with Gasteiger partial charge in [-0.25, -0.2) is 0 Å². The number of unbranched alkanes of at least 4 members (excludes halogenated alkanes) is 20. The minimum atomic E-state index is -0.825. The van der Waals surface area contributed by atoms with E-state index in [2.05, 4.69) is 106 Å². The first kappa shape index (κ1) is 61.3. The molecule has 0 spiro atoms. The molecule has 0 aliphatic carbocycles. The van der Waals surface area contributed by atoms with E-state index in [1.54, 1.807) is 0 Å². The largest absolute Gasteiger partial charge is 0.462 e. The monoisotopic (exact) mass is 903 g/mol. The van der Waals surface area contributed by atoms with Gasteiger partial charge in [-0.2, -0.15) is 0 Å². The lowest BCUT2D eigenvalue weighted by atomic mass is 10.1. The summed E-state index contributed by atoms with van der Waals surface area (Å²) in [5.74, 6) is -1.02. The van der Waals surface area contributed by atoms with E-state index >= 15 is 0 Å². The summed E-state index contributed by atoms with van der Waals surface area (Å²) in [7, 11) is 0. The van der Waals surface area contributed by atoms with E-state index in [1.807, 2.05) is 12.2 Å². The second-order valence-corrected chi connectivity index (χ2v) is 17.4. The number of allylic oxidation sites excluding steroid dienone is 16. The Morgan fingerprint density at radius 1 is 0.323 bits per heavy atom. The number of hydrogen-bond donors (Lipinski definition) is 0. The number of rotatable bonds is 47. The minimum Gasteiger partial charge on any atom is -0.462 e. The molecule has 0 rings (SSSR count). The SMILES string of the molecule is CC/C=C\C/C=C\C/C=C\C/C=C\C/C=C\CCC(=O)OC(COC(=O)CCCCCCC/C=C\C/C=C\CC)COC(=O)CCCCCCCCC/C=C\CCCCCCCCCC. The summed E-state index contributed by atoms with van der Waals surface area (Å²) >= 11 is 0. The lowest BCUT2D eigenvalue weighted by molar-refractivity contribution is -0.166. The quantitative estimate of drug-likeness (QED) is 0.0262. The zero-order valence-electron chi connectivity index (χ0n) is 42.2. The molecule has 0 saturated heterocycles. The average Bonchev–Trinajstić information content (AvgIpc) is 3.30. The van der Waals surface area contributed by atoms with Crippen LogP contribution < -0.4 is 0 Å². The molecule has 0 radical (unpaired) electrons. The molecule has 6 nitrogen and oxygen atoms in total. The fraction of sp³-hybridized carbons (Fsp3) is 0.678. The Kier molecular flexibility index (Phi) is 50.0. The Morgan fingerprint density at radius 3 is 1.02 bits per heavy atom. The first-order chi connectivity index (χ1) is 32.0. The highest BCUT2D eigenvalue weighted by Gasteiger charge is 2.19. The maximum absolute atomic E-state index is 12.8. The topological polar surface area (TPSA) is 78.9 Å². The molecule has 1 unspecified atom stereocenters. The molecule has 370 valence electrons. The van der Waals surface area contributed by atoms with Crippen molar-refractivity contribution in [1.82, 2.24) is 0 Å². The van der Waals surface area contributed by atoms with Crippen LogP contribution in [0.2, 0.25) is 0 Å². The lowest BCUT2D eigenvalue weighted by Gasteiger charge is -2.18. The molecule has 0 bridgehead atoms. The van der Waals surface area contributed by atoms with Crippen LogP contribution in [-0.4, -0.2) is 37.2 Å². The van der Waals surface area contributed by atoms with Crippen molar-refractivity contribution in [2.45, 2.75) is 245 Å². The van der Waals surface area contributed by atoms with Crippen molar-refractivity contribution in [3.05, 3.63) is 97.2 Å². The normalized spacial score (nSPS) is 12.8. The molecule has 0 aliphatic heterocycles. The number of esters is 3. The van der Waals surface area contributed by atoms with Crippen molar-refractivity contribution >= 4 is 17.9 Å². The van der Waals surface area contributed by atoms with Gasteiger partial charge in [-0.1, -0.05) is 214 Å². The summed E-state index contributed by atoms with van der Waals surface area (Å²) in [5.41, 5.74) is 0. The van der Waals surface area contributed by atoms with Crippen LogP contribution in [0.3, 0.4) is 0 Å². The minimum absolute atomic E-state index is 0.115. The first-order valence-corrected chi connectivity index (χ1v) is 26.7. The predicted molar refractivity (Wildman–Crippen MR) is 279 cm³/mol. The third-order valence-electron chi connectivity index (χ3n) is 11.1. The molecule has 0 heterocycles. The van der Waals surface area contributed by atoms with E-state index < -0.39 is 12.1 Å². The second kappa shape index (κ2) is 52.9. The van der Waals surface area contributed by atoms with E-state index in [1.165, 1.54) is 89.9 Å². The Morgan fingerprint density at radius 2 is 0.631 bits per heavy atom. The molecule has 0 aromatic carbocycles. The van der Waals surface area contributed by atoms with Gasteiger partial charge in [-0.05, 0) is 103 Å². The van der Waals surface area contributed by atoms with Crippen LogP contribution >= 0.6 is 0 Å². The molecule has 65 heavy (non-hydrogen) atoms. The van der Waals surface area contributed by atoms with Crippen LogP contribution in [0.4, 0.5) is 0 Å². The first-order valence-electron chi connectivity index (χ1n) is 26.7. The van der Waals surface area contributed by atoms with Gasteiger partial charge >= 0.3 is 17.9 Å². The molecular weight excluding hydrogens is 805 g/mol. The van der Waals surface area contributed by atoms with Gasteiger partial charge in [0, 0.05) is 19.3 Å². The highest BCUT2D eigenvalue weighted by Crippen LogP contribution is 2.14. The summed E-state index contributed by atoms with van der Waals surface area (Å²) in [6, 6.07) is 0. The standard InChI is InChI=1S/C59H98O6/c1-4-7-10-13-16-19-22-25-27-29-30-31-33-34-37-40-43-46-49-52-58(61)64-55-56(54-63-57(60)51-48-45-42-39-36-24-21-18-15-12-9-6-3)65-59(62)53-50-47-44-41-38-35-32-28-26-23-20-17-14-11-8-5-2/h8-9,11-12,17-18,20-21,26,28-30,35,38,44,47,56H,4-7,10,13-16,19,22-25,27,31-34,36-37,39-43,45-46,48-55H2,1-3H3/b11-8-,12-9-,20-17-,21-18-,28-26-,30-29-,38-35-,47-44-. The van der Waals surface area contributed by atoms with Crippen molar-refractivity contribution in [3.63, 3.8) is 0 Å². The van der Waals surface area contributed by atoms with Gasteiger partial charge in [0.1, 0.15) is 13.2 Å². The van der Waals surface area contributed by atoms with Crippen LogP contribution in [0.5, 0.6) is 0 Å². The zero-order valence-corrected chi connectivity index (χ0v) is 42.2. The van der Waals surface area contributed by atoms with Crippen molar-refractivity contribution in [3.8, 4) is 0 Å². The van der Waals surface area contributed by atoms with E-state index in [4.69, 9.17) is 14.2 Å². The Labute approximate surface area is 400 Å². The number of carbonyl (C=O) groups excluding carboxylic acids is 3. The van der Waals surface area contributed by atoms with Crippen molar-refractivity contribution in [1.29, 1.82) is 0 Å². The van der Waals surface area contributed by atoms with Crippen LogP contribution in [0.25, 0.3) is 0 Å². The molecule has 1 atom stereocenters. The number of carbonyl (C=O) groups is 3. The molecule has 0 aromatic heterocycles. The van der Waals surface area contributed by atoms with Crippen LogP contribution in [0, 0.1) is 0 Å². The molecule has 0 saturated carbocycles. The predicted octanol–water partition coefficient (Wildman–Crippen LogP) is 17.8. The molecule has 0 fully saturated rings. The van der Waals surface area contributed by atoms with Gasteiger partial charge in [0.25, 0.3) is 0 Å². The Balaban J connectivity index is 4.47. The third-order valence-corrected chi connectivity index (χ3v) is 11.1. The van der Waals surface area contributed by atoms with Gasteiger partial charge in [-0.3, -0.25) is 14.4 Å². The summed E-state index contributed by atoms with van der Waals surface area (Å²) in [5, 5.41) is 0. The molecular formula is C59H98O6. The van der Waals surface area contributed by atoms with Crippen LogP contribution in [-0.2, 0) is 28.6 Å². The lowest BCUT2D eigenvalue weighted by Crippen LogP contribution is -2.30. The van der Waals surface area contributed by atoms with E-state index in [-0.39, 0.29) is 31.6 Å². The fourth-order valence-corrected chi connectivity index (χ4v) is 7.11. The summed E-state index contributed by atoms with van der Waals surface area (Å²) in [6.45, 7) is 6.33. The van der Waals surface area contributed by atoms with Crippen molar-refractivity contribution in [2.24, 2.45) is 0 Å². The number of ether oxygens (including phenoxy) is 3. The van der Waals surface area contributed by atoms with Crippen LogP contribution in [0.15, 0.2) is 97.2 Å². The molecule has 0 N–H and O–H groups in total. The maximum atomic E-state index is 12.8. The van der Waals surface area contributed by atoms with Gasteiger partial charge < -0.3 is 14.2 Å². The highest BCUT2D eigenvalue weighted by atomic mass is 16.6. The van der Waals surface area contributed by atoms with E-state index in [0.717, 1.165) is 103 Å². The summed E-state index contributed by atoms with van der Waals surface area (Å²) in [6.07, 6.45) is 69.8. The molecule has 6 heteroatoms. The van der Waals surface area contributed by atoms with Crippen molar-refractivity contribution < 1.29 is 28.6 Å². The van der Waals surface area contributed by atoms with E-state index in [9.17, 15) is 14.4 Å². The van der Waals surface area contributed by atoms with Gasteiger partial charge in [0.2, 0.25) is 0 Å². The highest BCUT2D eigenvalue weighted by molar-refractivity contribution is 5.71. The summed E-state index contributed by atoms with van der Waals surface area (Å²) < 4.78 is 16.7. The average molecular weight is 903 g/mol.